The van der Waals surface area contributed by atoms with Crippen LogP contribution >= 0.6 is 278 Å². The molecular weight excluding hydrogens is 1040 g/mol. The quantitative estimate of drug-likeness (QED) is 0.240. The van der Waals surface area contributed by atoms with Crippen molar-refractivity contribution in [2.45, 2.75) is 6.92 Å². The molecule has 1 N–H and O–H groups in total. The van der Waals surface area contributed by atoms with Crippen LogP contribution in [0.2, 0.25) is 0 Å². The van der Waals surface area contributed by atoms with Crippen molar-refractivity contribution < 1.29 is 5.11 Å². The molecule has 0 aliphatic carbocycles. The van der Waals surface area contributed by atoms with Gasteiger partial charge in [-0.3, -0.25) is 0 Å². The SMILES string of the molecule is CCO.ClCCl.ClCCl.ClCCl.ClCCl.ClCCl.ClCCl.ClCCl.ClCCl.ClCCl.ClCCl.ClCCl.ClCCl. The van der Waals surface area contributed by atoms with Gasteiger partial charge in [-0.2, -0.15) is 0 Å². The Morgan fingerprint density at radius 2 is 0.231 bits per heavy atom. The van der Waals surface area contributed by atoms with E-state index in [2.05, 4.69) is 0 Å². The van der Waals surface area contributed by atoms with Crippen LogP contribution in [0.3, 0.4) is 0 Å². The summed E-state index contributed by atoms with van der Waals surface area (Å²) in [5, 5.41) is 9.90. The third kappa shape index (κ3) is 1730. The van der Waals surface area contributed by atoms with Crippen LogP contribution in [0.1, 0.15) is 6.92 Å². The Morgan fingerprint density at radius 3 is 0.231 bits per heavy atom. The van der Waals surface area contributed by atoms with E-state index in [1.807, 2.05) is 0 Å². The fourth-order valence-electron chi connectivity index (χ4n) is 0. The number of aliphatic hydroxyl groups is 1. The van der Waals surface area contributed by atoms with Crippen molar-refractivity contribution in [2.75, 3.05) is 70.7 Å². The molecule has 0 unspecified atom stereocenters. The van der Waals surface area contributed by atoms with E-state index in [1.54, 1.807) is 6.92 Å². The zero-order chi connectivity index (χ0) is 35.2. The number of halogens is 24. The molecule has 0 spiro atoms. The lowest BCUT2D eigenvalue weighted by Crippen LogP contribution is -1.57. The van der Waals surface area contributed by atoms with Gasteiger partial charge in [0.05, 0.1) is 64.1 Å². The topological polar surface area (TPSA) is 20.2 Å². The maximum Gasteiger partial charge on any atom is 0.0967 e. The van der Waals surface area contributed by atoms with Gasteiger partial charge in [0.2, 0.25) is 0 Å². The highest BCUT2D eigenvalue weighted by Gasteiger charge is 1.44. The van der Waals surface area contributed by atoms with E-state index in [0.717, 1.165) is 0 Å². The smallest absolute Gasteiger partial charge is 0.0967 e. The van der Waals surface area contributed by atoms with E-state index in [1.165, 1.54) is 0 Å². The number of rotatable bonds is 0. The molecular formula is C14H30Cl24O. The van der Waals surface area contributed by atoms with Gasteiger partial charge >= 0.3 is 0 Å². The second kappa shape index (κ2) is 218. The predicted octanol–water partition coefficient (Wildman–Crippen LogP) is 17.1. The van der Waals surface area contributed by atoms with Crippen molar-refractivity contribution in [2.24, 2.45) is 0 Å². The molecule has 39 heavy (non-hydrogen) atoms. The summed E-state index contributed by atoms with van der Waals surface area (Å²) in [6, 6.07) is 0. The number of hydrogen-bond donors (Lipinski definition) is 1. The second-order valence-corrected chi connectivity index (χ2v) is 11.2. The number of hydrogen-bond acceptors (Lipinski definition) is 1. The number of aliphatic hydroxyl groups excluding tert-OH is 1. The minimum absolute atomic E-state index is 0.194. The van der Waals surface area contributed by atoms with Crippen LogP contribution < -0.4 is 0 Å². The van der Waals surface area contributed by atoms with Crippen molar-refractivity contribution in [1.29, 1.82) is 0 Å². The van der Waals surface area contributed by atoms with E-state index in [0.29, 0.717) is 0 Å². The lowest BCUT2D eigenvalue weighted by Gasteiger charge is -1.52. The molecule has 0 radical (unpaired) electrons. The summed E-state index contributed by atoms with van der Waals surface area (Å²) < 4.78 is 0. The van der Waals surface area contributed by atoms with Crippen molar-refractivity contribution >= 4 is 278 Å². The fraction of sp³-hybridized carbons (Fsp3) is 1.00. The van der Waals surface area contributed by atoms with Gasteiger partial charge < -0.3 is 5.11 Å². The van der Waals surface area contributed by atoms with Crippen molar-refractivity contribution in [3.05, 3.63) is 0 Å². The Hall–Kier alpha value is 6.92. The van der Waals surface area contributed by atoms with Crippen LogP contribution in [0, 0.1) is 0 Å². The Morgan fingerprint density at radius 1 is 0.231 bits per heavy atom. The number of alkyl halides is 24. The molecule has 0 amide bonds. The molecule has 0 aromatic rings. The summed E-state index contributed by atoms with van der Waals surface area (Å²) in [6.07, 6.45) is 0. The standard InChI is InChI=1S/C2H6O.12CH2Cl2/c1-2-3;12*2-1-3/h3H,2H2,1H3;12*1H2. The first-order valence-corrected chi connectivity index (χ1v) is 20.3. The molecule has 260 valence electrons. The third-order valence-electron chi connectivity index (χ3n) is 0. The van der Waals surface area contributed by atoms with Gasteiger partial charge in [0, 0.05) is 6.61 Å². The summed E-state index contributed by atoms with van der Waals surface area (Å²) in [4.78, 5) is 0. The fourth-order valence-corrected chi connectivity index (χ4v) is 0. The van der Waals surface area contributed by atoms with Crippen LogP contribution in [-0.4, -0.2) is 75.8 Å². The van der Waals surface area contributed by atoms with Gasteiger partial charge in [-0.1, -0.05) is 0 Å². The van der Waals surface area contributed by atoms with Gasteiger partial charge in [-0.05, 0) is 6.92 Å². The highest BCUT2D eigenvalue weighted by molar-refractivity contribution is 6.43. The highest BCUT2D eigenvalue weighted by atomic mass is 35.6. The molecule has 0 rings (SSSR count). The maximum atomic E-state index is 7.57. The van der Waals surface area contributed by atoms with Crippen LogP contribution in [0.25, 0.3) is 0 Å². The van der Waals surface area contributed by atoms with Gasteiger partial charge in [-0.15, -0.1) is 278 Å². The van der Waals surface area contributed by atoms with Crippen molar-refractivity contribution in [3.8, 4) is 0 Å². The van der Waals surface area contributed by atoms with Crippen molar-refractivity contribution in [3.63, 3.8) is 0 Å². The van der Waals surface area contributed by atoms with E-state index >= 15 is 0 Å². The zero-order valence-corrected chi connectivity index (χ0v) is 37.9. The minimum atomic E-state index is 0.194. The average molecular weight is 1070 g/mol. The molecule has 1 nitrogen and oxygen atoms in total. The average Bonchev–Trinajstić information content (AvgIpc) is 2.81. The first-order valence-electron chi connectivity index (χ1n) is 7.44. The minimum Gasteiger partial charge on any atom is -0.397 e. The van der Waals surface area contributed by atoms with Crippen LogP contribution in [-0.2, 0) is 0 Å². The molecule has 0 fully saturated rings. The lowest BCUT2D eigenvalue weighted by molar-refractivity contribution is 0.318. The molecule has 0 aliphatic rings. The summed E-state index contributed by atoms with van der Waals surface area (Å²) in [5.74, 6) is 0. The van der Waals surface area contributed by atoms with Crippen LogP contribution in [0.5, 0.6) is 0 Å². The van der Waals surface area contributed by atoms with Gasteiger partial charge in [0.25, 0.3) is 0 Å². The first kappa shape index (κ1) is 85.5. The van der Waals surface area contributed by atoms with Gasteiger partial charge in [0.1, 0.15) is 0 Å². The molecule has 0 saturated carbocycles. The molecule has 0 aliphatic heterocycles. The summed E-state index contributed by atoms with van der Waals surface area (Å²) >= 11 is 114. The van der Waals surface area contributed by atoms with E-state index < -0.39 is 0 Å². The second-order valence-electron chi connectivity index (χ2n) is 1.53. The summed E-state index contributed by atoms with van der Waals surface area (Å²) in [6.45, 7) is 1.93. The van der Waals surface area contributed by atoms with Crippen molar-refractivity contribution in [1.82, 2.24) is 0 Å². The Labute approximate surface area is 356 Å². The van der Waals surface area contributed by atoms with Crippen LogP contribution in [0.4, 0.5) is 0 Å². The molecule has 0 aromatic heterocycles. The van der Waals surface area contributed by atoms with Crippen LogP contribution in [0.15, 0.2) is 0 Å². The Kier molecular flexibility index (Phi) is 479. The van der Waals surface area contributed by atoms with Gasteiger partial charge in [0.15, 0.2) is 0 Å². The molecule has 0 bridgehead atoms. The first-order chi connectivity index (χ1) is 18.4. The molecule has 0 saturated heterocycles. The van der Waals surface area contributed by atoms with E-state index in [9.17, 15) is 0 Å². The third-order valence-corrected chi connectivity index (χ3v) is 0. The summed E-state index contributed by atoms with van der Waals surface area (Å²) in [5.41, 5.74) is 0. The Bertz CT molecular complexity index is 90.9. The monoisotopic (exact) mass is 1050 g/mol. The van der Waals surface area contributed by atoms with E-state index in [-0.39, 0.29) is 70.7 Å². The Balaban J connectivity index is -0.0000000171. The summed E-state index contributed by atoms with van der Waals surface area (Å²) in [7, 11) is 0. The highest BCUT2D eigenvalue weighted by Crippen LogP contribution is 1.76. The molecule has 0 aromatic carbocycles. The van der Waals surface area contributed by atoms with Gasteiger partial charge in [-0.25, -0.2) is 0 Å². The van der Waals surface area contributed by atoms with E-state index in [4.69, 9.17) is 284 Å². The predicted molar refractivity (Wildman–Crippen MR) is 212 cm³/mol. The largest absolute Gasteiger partial charge is 0.397 e. The molecule has 0 heterocycles. The zero-order valence-electron chi connectivity index (χ0n) is 19.7. The normalized spacial score (nSPS) is 6.00. The molecule has 0 atom stereocenters. The lowest BCUT2D eigenvalue weighted by atomic mass is 10.9. The maximum absolute atomic E-state index is 7.57. The molecule has 25 heteroatoms.